The third-order valence-electron chi connectivity index (χ3n) is 3.79. The van der Waals surface area contributed by atoms with Crippen LogP contribution >= 0.6 is 0 Å². The fourth-order valence-corrected chi connectivity index (χ4v) is 2.65. The summed E-state index contributed by atoms with van der Waals surface area (Å²) in [4.78, 5) is 18.8. The largest absolute Gasteiger partial charge is 0.467 e. The van der Waals surface area contributed by atoms with Gasteiger partial charge in [0.25, 0.3) is 0 Å². The molecule has 1 aromatic carbocycles. The summed E-state index contributed by atoms with van der Waals surface area (Å²) in [6, 6.07) is 9.48. The Labute approximate surface area is 134 Å². The average molecular weight is 314 g/mol. The molecule has 2 heterocycles. The maximum Gasteiger partial charge on any atom is 0.414 e. The summed E-state index contributed by atoms with van der Waals surface area (Å²) in [6.07, 6.45) is 4.32. The topological polar surface area (TPSA) is 60.4 Å². The van der Waals surface area contributed by atoms with Crippen LogP contribution in [0.4, 0.5) is 4.79 Å². The van der Waals surface area contributed by atoms with Crippen molar-refractivity contribution in [2.24, 2.45) is 5.16 Å². The predicted molar refractivity (Wildman–Crippen MR) is 84.7 cm³/mol. The van der Waals surface area contributed by atoms with Crippen molar-refractivity contribution < 1.29 is 19.1 Å². The fraction of sp³-hybridized carbons (Fsp3) is 0.294. The Kier molecular flexibility index (Phi) is 4.32. The van der Waals surface area contributed by atoms with E-state index in [4.69, 9.17) is 14.3 Å². The lowest BCUT2D eigenvalue weighted by Gasteiger charge is -2.39. The maximum atomic E-state index is 11.8. The third kappa shape index (κ3) is 3.06. The quantitative estimate of drug-likeness (QED) is 0.804. The predicted octanol–water partition coefficient (Wildman–Crippen LogP) is 2.48. The number of methoxy groups -OCH3 is 1. The van der Waals surface area contributed by atoms with Crippen LogP contribution in [0.3, 0.4) is 0 Å². The molecule has 0 fully saturated rings. The van der Waals surface area contributed by atoms with Crippen LogP contribution in [0, 0.1) is 0 Å². The highest BCUT2D eigenvalue weighted by molar-refractivity contribution is 5.79. The lowest BCUT2D eigenvalue weighted by Crippen LogP contribution is -2.53. The minimum Gasteiger partial charge on any atom is -0.467 e. The van der Waals surface area contributed by atoms with Gasteiger partial charge < -0.3 is 14.3 Å². The van der Waals surface area contributed by atoms with Crippen LogP contribution in [0.2, 0.25) is 0 Å². The second kappa shape index (κ2) is 6.56. The van der Waals surface area contributed by atoms with E-state index in [1.807, 2.05) is 30.3 Å². The Morgan fingerprint density at radius 1 is 1.43 bits per heavy atom. The van der Waals surface area contributed by atoms with Gasteiger partial charge in [0.15, 0.2) is 12.2 Å². The SMILES string of the molecule is C=C[C@H]1[C@@H]2ON=C(Cc3ccccc3)OC2C=CN1C(=O)OC. The Balaban J connectivity index is 1.74. The first-order valence-corrected chi connectivity index (χ1v) is 7.33. The molecule has 23 heavy (non-hydrogen) atoms. The molecule has 3 rings (SSSR count). The lowest BCUT2D eigenvalue weighted by atomic mass is 10.00. The maximum absolute atomic E-state index is 11.8. The summed E-state index contributed by atoms with van der Waals surface area (Å²) in [5.41, 5.74) is 1.09. The van der Waals surface area contributed by atoms with Crippen LogP contribution in [0.5, 0.6) is 0 Å². The van der Waals surface area contributed by atoms with Gasteiger partial charge in [-0.25, -0.2) is 4.79 Å². The number of rotatable bonds is 3. The highest BCUT2D eigenvalue weighted by atomic mass is 16.7. The van der Waals surface area contributed by atoms with E-state index in [-0.39, 0.29) is 6.10 Å². The van der Waals surface area contributed by atoms with Gasteiger partial charge in [-0.2, -0.15) is 0 Å². The normalized spacial score (nSPS) is 25.5. The summed E-state index contributed by atoms with van der Waals surface area (Å²) in [6.45, 7) is 3.76. The Bertz CT molecular complexity index is 641. The van der Waals surface area contributed by atoms with Gasteiger partial charge in [0, 0.05) is 6.20 Å². The molecule has 1 aromatic rings. The number of ether oxygens (including phenoxy) is 2. The van der Waals surface area contributed by atoms with Gasteiger partial charge in [0.05, 0.1) is 13.5 Å². The highest BCUT2D eigenvalue weighted by Gasteiger charge is 2.42. The van der Waals surface area contributed by atoms with Crippen molar-refractivity contribution in [2.45, 2.75) is 24.7 Å². The van der Waals surface area contributed by atoms with E-state index in [9.17, 15) is 4.79 Å². The zero-order valence-corrected chi connectivity index (χ0v) is 12.8. The van der Waals surface area contributed by atoms with E-state index in [2.05, 4.69) is 11.7 Å². The highest BCUT2D eigenvalue weighted by Crippen LogP contribution is 2.26. The van der Waals surface area contributed by atoms with E-state index in [1.165, 1.54) is 12.0 Å². The number of hydrogen-bond acceptors (Lipinski definition) is 5. The molecule has 0 bridgehead atoms. The van der Waals surface area contributed by atoms with Crippen LogP contribution in [-0.2, 0) is 20.7 Å². The molecule has 1 unspecified atom stereocenters. The third-order valence-corrected chi connectivity index (χ3v) is 3.79. The van der Waals surface area contributed by atoms with Crippen molar-refractivity contribution in [2.75, 3.05) is 7.11 Å². The lowest BCUT2D eigenvalue weighted by molar-refractivity contribution is -0.0740. The van der Waals surface area contributed by atoms with Crippen LogP contribution in [-0.4, -0.2) is 42.3 Å². The Morgan fingerprint density at radius 3 is 2.91 bits per heavy atom. The van der Waals surface area contributed by atoms with Crippen LogP contribution in [0.15, 0.2) is 60.4 Å². The Morgan fingerprint density at radius 2 is 2.22 bits per heavy atom. The first-order chi connectivity index (χ1) is 11.2. The molecule has 3 atom stereocenters. The summed E-state index contributed by atoms with van der Waals surface area (Å²) in [5, 5.41) is 4.06. The first kappa shape index (κ1) is 15.1. The summed E-state index contributed by atoms with van der Waals surface area (Å²) < 4.78 is 10.7. The molecule has 0 aromatic heterocycles. The number of carbonyl (C=O) groups is 1. The molecule has 2 aliphatic rings. The van der Waals surface area contributed by atoms with E-state index < -0.39 is 18.2 Å². The molecule has 1 amide bonds. The number of carbonyl (C=O) groups excluding carboxylic acids is 1. The van der Waals surface area contributed by atoms with Gasteiger partial charge >= 0.3 is 6.09 Å². The standard InChI is InChI=1S/C17H18N2O4/c1-3-13-16-14(9-10-19(13)17(20)21-2)22-15(18-23-16)11-12-7-5-4-6-8-12/h3-10,13-14,16H,1,11H2,2H3/t13-,14?,16-/m0/s1. The average Bonchev–Trinajstić information content (AvgIpc) is 2.60. The van der Waals surface area contributed by atoms with Crippen LogP contribution < -0.4 is 0 Å². The molecule has 0 saturated carbocycles. The smallest absolute Gasteiger partial charge is 0.414 e. The van der Waals surface area contributed by atoms with Gasteiger partial charge in [0.1, 0.15) is 6.04 Å². The van der Waals surface area contributed by atoms with Crippen molar-refractivity contribution >= 4 is 12.0 Å². The minimum atomic E-state index is -0.479. The van der Waals surface area contributed by atoms with Crippen molar-refractivity contribution in [3.63, 3.8) is 0 Å². The number of fused-ring (bicyclic) bond motifs is 1. The molecule has 0 radical (unpaired) electrons. The second-order valence-corrected chi connectivity index (χ2v) is 5.25. The minimum absolute atomic E-state index is 0.324. The van der Waals surface area contributed by atoms with E-state index >= 15 is 0 Å². The molecule has 6 nitrogen and oxygen atoms in total. The summed E-state index contributed by atoms with van der Waals surface area (Å²) >= 11 is 0. The number of nitrogens with zero attached hydrogens (tertiary/aromatic N) is 2. The van der Waals surface area contributed by atoms with Crippen molar-refractivity contribution in [3.05, 3.63) is 60.8 Å². The van der Waals surface area contributed by atoms with Crippen molar-refractivity contribution in [1.29, 1.82) is 0 Å². The van der Waals surface area contributed by atoms with Gasteiger partial charge in [-0.15, -0.1) is 6.58 Å². The first-order valence-electron chi connectivity index (χ1n) is 7.33. The van der Waals surface area contributed by atoms with Crippen LogP contribution in [0.25, 0.3) is 0 Å². The number of oxime groups is 1. The van der Waals surface area contributed by atoms with E-state index in [1.54, 1.807) is 18.4 Å². The second-order valence-electron chi connectivity index (χ2n) is 5.25. The molecule has 0 saturated heterocycles. The monoisotopic (exact) mass is 314 g/mol. The number of amides is 1. The van der Waals surface area contributed by atoms with E-state index in [0.29, 0.717) is 12.3 Å². The molecule has 120 valence electrons. The molecule has 2 aliphatic heterocycles. The van der Waals surface area contributed by atoms with Crippen molar-refractivity contribution in [3.8, 4) is 0 Å². The van der Waals surface area contributed by atoms with Crippen LogP contribution in [0.1, 0.15) is 5.56 Å². The molecule has 0 aliphatic carbocycles. The van der Waals surface area contributed by atoms with Gasteiger partial charge in [0.2, 0.25) is 5.90 Å². The van der Waals surface area contributed by atoms with Gasteiger partial charge in [-0.1, -0.05) is 41.6 Å². The summed E-state index contributed by atoms with van der Waals surface area (Å²) in [7, 11) is 1.33. The number of hydrogen-bond donors (Lipinski definition) is 0. The Hall–Kier alpha value is -2.76. The summed E-state index contributed by atoms with van der Waals surface area (Å²) in [5.74, 6) is 0.511. The molecule has 6 heteroatoms. The van der Waals surface area contributed by atoms with Gasteiger partial charge in [-0.3, -0.25) is 4.90 Å². The van der Waals surface area contributed by atoms with Crippen molar-refractivity contribution in [1.82, 2.24) is 4.90 Å². The molecular formula is C17H18N2O4. The zero-order chi connectivity index (χ0) is 16.2. The molecular weight excluding hydrogens is 296 g/mol. The number of benzene rings is 1. The fourth-order valence-electron chi connectivity index (χ4n) is 2.65. The molecule has 0 N–H and O–H groups in total. The van der Waals surface area contributed by atoms with Gasteiger partial charge in [-0.05, 0) is 11.6 Å². The van der Waals surface area contributed by atoms with E-state index in [0.717, 1.165) is 5.56 Å². The zero-order valence-electron chi connectivity index (χ0n) is 12.8. The molecule has 0 spiro atoms.